The van der Waals surface area contributed by atoms with Gasteiger partial charge in [-0.3, -0.25) is 0 Å². The maximum atomic E-state index is 12.4. The maximum absolute atomic E-state index is 12.4. The number of amides is 2. The molecule has 0 bridgehead atoms. The van der Waals surface area contributed by atoms with Crippen molar-refractivity contribution in [2.75, 3.05) is 39.6 Å². The van der Waals surface area contributed by atoms with Crippen LogP contribution in [0.5, 0.6) is 5.75 Å². The molecule has 1 aromatic rings. The number of nitrogens with one attached hydrogen (secondary N) is 1. The number of aliphatic hydroxyl groups is 1. The van der Waals surface area contributed by atoms with Gasteiger partial charge in [0, 0.05) is 19.1 Å². The average Bonchev–Trinajstić information content (AvgIpc) is 2.79. The van der Waals surface area contributed by atoms with Gasteiger partial charge in [0.25, 0.3) is 0 Å². The van der Waals surface area contributed by atoms with Gasteiger partial charge in [-0.25, -0.2) is 4.79 Å². The molecule has 0 aromatic heterocycles. The first-order valence-corrected chi connectivity index (χ1v) is 7.04. The van der Waals surface area contributed by atoms with E-state index in [1.54, 1.807) is 24.1 Å². The van der Waals surface area contributed by atoms with Crippen molar-refractivity contribution in [3.8, 4) is 5.75 Å². The highest BCUT2D eigenvalue weighted by Crippen LogP contribution is 2.25. The molecule has 2 rings (SSSR count). The number of anilines is 1. The van der Waals surface area contributed by atoms with E-state index in [4.69, 9.17) is 4.74 Å². The number of aliphatic hydroxyl groups excluding tert-OH is 1. The molecule has 2 unspecified atom stereocenters. The Kier molecular flexibility index (Phi) is 5.03. The molecule has 1 aliphatic rings. The van der Waals surface area contributed by atoms with Crippen LogP contribution >= 0.6 is 0 Å². The summed E-state index contributed by atoms with van der Waals surface area (Å²) in [5.74, 6) is 0.620. The van der Waals surface area contributed by atoms with Crippen molar-refractivity contribution < 1.29 is 14.6 Å². The maximum Gasteiger partial charge on any atom is 0.322 e. The first-order chi connectivity index (χ1) is 10.0. The first-order valence-electron chi connectivity index (χ1n) is 7.04. The Bertz CT molecular complexity index is 493. The number of para-hydroxylation sites is 2. The summed E-state index contributed by atoms with van der Waals surface area (Å²) >= 11 is 0. The van der Waals surface area contributed by atoms with E-state index < -0.39 is 6.10 Å². The number of carbonyl (C=O) groups is 1. The number of benzene rings is 1. The van der Waals surface area contributed by atoms with E-state index in [1.807, 2.05) is 31.1 Å². The number of ether oxygens (including phenoxy) is 1. The standard InChI is InChI=1S/C15H23N3O3/c1-17(2)9-11-8-12(19)10-18(11)15(20)16-13-6-4-5-7-14(13)21-3/h4-7,11-12,19H,8-10H2,1-3H3,(H,16,20). The van der Waals surface area contributed by atoms with E-state index in [1.165, 1.54) is 0 Å². The monoisotopic (exact) mass is 293 g/mol. The van der Waals surface area contributed by atoms with E-state index in [-0.39, 0.29) is 12.1 Å². The zero-order valence-corrected chi connectivity index (χ0v) is 12.7. The van der Waals surface area contributed by atoms with Crippen molar-refractivity contribution >= 4 is 11.7 Å². The highest BCUT2D eigenvalue weighted by Gasteiger charge is 2.34. The Morgan fingerprint density at radius 2 is 2.19 bits per heavy atom. The van der Waals surface area contributed by atoms with Crippen LogP contribution in [0, 0.1) is 0 Å². The number of carbonyl (C=O) groups excluding carboxylic acids is 1. The molecule has 0 spiro atoms. The molecule has 6 nitrogen and oxygen atoms in total. The van der Waals surface area contributed by atoms with Gasteiger partial charge in [0.05, 0.1) is 18.9 Å². The van der Waals surface area contributed by atoms with E-state index >= 15 is 0 Å². The average molecular weight is 293 g/mol. The molecule has 2 amide bonds. The fourth-order valence-corrected chi connectivity index (χ4v) is 2.67. The number of rotatable bonds is 4. The van der Waals surface area contributed by atoms with Crippen molar-refractivity contribution in [1.29, 1.82) is 0 Å². The second-order valence-corrected chi connectivity index (χ2v) is 5.59. The third-order valence-corrected chi connectivity index (χ3v) is 3.58. The van der Waals surface area contributed by atoms with Crippen LogP contribution in [-0.2, 0) is 0 Å². The predicted molar refractivity (Wildman–Crippen MR) is 81.7 cm³/mol. The van der Waals surface area contributed by atoms with Gasteiger partial charge in [0.2, 0.25) is 0 Å². The molecule has 116 valence electrons. The molecular formula is C15H23N3O3. The van der Waals surface area contributed by atoms with Gasteiger partial charge < -0.3 is 25.0 Å². The molecule has 1 aromatic carbocycles. The minimum Gasteiger partial charge on any atom is -0.495 e. The lowest BCUT2D eigenvalue weighted by Crippen LogP contribution is -2.43. The molecule has 0 aliphatic carbocycles. The van der Waals surface area contributed by atoms with Crippen LogP contribution in [0.1, 0.15) is 6.42 Å². The fourth-order valence-electron chi connectivity index (χ4n) is 2.67. The number of likely N-dealkylation sites (tertiary alicyclic amines) is 1. The van der Waals surface area contributed by atoms with Gasteiger partial charge in [0.15, 0.2) is 0 Å². The lowest BCUT2D eigenvalue weighted by Gasteiger charge is -2.27. The summed E-state index contributed by atoms with van der Waals surface area (Å²) in [7, 11) is 5.49. The Morgan fingerprint density at radius 1 is 1.48 bits per heavy atom. The van der Waals surface area contributed by atoms with Crippen molar-refractivity contribution in [1.82, 2.24) is 9.80 Å². The van der Waals surface area contributed by atoms with Crippen molar-refractivity contribution in [3.05, 3.63) is 24.3 Å². The predicted octanol–water partition coefficient (Wildman–Crippen LogP) is 1.22. The second kappa shape index (κ2) is 6.78. The van der Waals surface area contributed by atoms with Crippen LogP contribution in [0.3, 0.4) is 0 Å². The number of nitrogens with zero attached hydrogens (tertiary/aromatic N) is 2. The number of urea groups is 1. The SMILES string of the molecule is COc1ccccc1NC(=O)N1CC(O)CC1CN(C)C. The van der Waals surface area contributed by atoms with Crippen LogP contribution in [0.25, 0.3) is 0 Å². The van der Waals surface area contributed by atoms with E-state index in [0.717, 1.165) is 6.54 Å². The molecule has 0 radical (unpaired) electrons. The van der Waals surface area contributed by atoms with E-state index in [0.29, 0.717) is 24.4 Å². The molecule has 2 N–H and O–H groups in total. The quantitative estimate of drug-likeness (QED) is 0.876. The largest absolute Gasteiger partial charge is 0.495 e. The van der Waals surface area contributed by atoms with Crippen molar-refractivity contribution in [3.63, 3.8) is 0 Å². The lowest BCUT2D eigenvalue weighted by molar-refractivity contribution is 0.174. The third-order valence-electron chi connectivity index (χ3n) is 3.58. The second-order valence-electron chi connectivity index (χ2n) is 5.59. The normalized spacial score (nSPS) is 21.7. The van der Waals surface area contributed by atoms with Gasteiger partial charge >= 0.3 is 6.03 Å². The topological polar surface area (TPSA) is 65.0 Å². The zero-order chi connectivity index (χ0) is 15.4. The van der Waals surface area contributed by atoms with Gasteiger partial charge in [-0.15, -0.1) is 0 Å². The van der Waals surface area contributed by atoms with Crippen molar-refractivity contribution in [2.24, 2.45) is 0 Å². The summed E-state index contributed by atoms with van der Waals surface area (Å²) in [5.41, 5.74) is 0.634. The Hall–Kier alpha value is -1.79. The molecule has 6 heteroatoms. The van der Waals surface area contributed by atoms with E-state index in [9.17, 15) is 9.90 Å². The molecule has 1 fully saturated rings. The van der Waals surface area contributed by atoms with Crippen LogP contribution in [0.4, 0.5) is 10.5 Å². The minimum atomic E-state index is -0.460. The van der Waals surface area contributed by atoms with Gasteiger partial charge in [-0.1, -0.05) is 12.1 Å². The summed E-state index contributed by atoms with van der Waals surface area (Å²) in [5, 5.41) is 12.7. The van der Waals surface area contributed by atoms with Gasteiger partial charge in [-0.05, 0) is 32.6 Å². The summed E-state index contributed by atoms with van der Waals surface area (Å²) in [6.07, 6.45) is 0.149. The lowest BCUT2D eigenvalue weighted by atomic mass is 10.2. The molecule has 21 heavy (non-hydrogen) atoms. The number of likely N-dealkylation sites (N-methyl/N-ethyl adjacent to an activating group) is 1. The third kappa shape index (κ3) is 3.86. The van der Waals surface area contributed by atoms with Gasteiger partial charge in [0.1, 0.15) is 5.75 Å². The van der Waals surface area contributed by atoms with Crippen LogP contribution in [-0.4, -0.2) is 67.4 Å². The number of methoxy groups -OCH3 is 1. The molecule has 2 atom stereocenters. The summed E-state index contributed by atoms with van der Waals surface area (Å²) in [6.45, 7) is 1.09. The summed E-state index contributed by atoms with van der Waals surface area (Å²) in [6, 6.07) is 7.10. The first kappa shape index (κ1) is 15.6. The Balaban J connectivity index is 2.08. The summed E-state index contributed by atoms with van der Waals surface area (Å²) in [4.78, 5) is 16.2. The Morgan fingerprint density at radius 3 is 2.86 bits per heavy atom. The van der Waals surface area contributed by atoms with Crippen LogP contribution in [0.2, 0.25) is 0 Å². The van der Waals surface area contributed by atoms with Gasteiger partial charge in [-0.2, -0.15) is 0 Å². The van der Waals surface area contributed by atoms with Crippen LogP contribution < -0.4 is 10.1 Å². The minimum absolute atomic E-state index is 0.0182. The van der Waals surface area contributed by atoms with Crippen molar-refractivity contribution in [2.45, 2.75) is 18.6 Å². The highest BCUT2D eigenvalue weighted by molar-refractivity contribution is 5.91. The fraction of sp³-hybridized carbons (Fsp3) is 0.533. The summed E-state index contributed by atoms with van der Waals surface area (Å²) < 4.78 is 5.23. The molecule has 0 saturated carbocycles. The smallest absolute Gasteiger partial charge is 0.322 e. The number of β-amino-alcohol motifs (C(OH)–C–C–N with tert-alkyl or cyclic N) is 1. The van der Waals surface area contributed by atoms with E-state index in [2.05, 4.69) is 5.32 Å². The number of hydrogen-bond donors (Lipinski definition) is 2. The zero-order valence-electron chi connectivity index (χ0n) is 12.7. The molecule has 1 saturated heterocycles. The Labute approximate surface area is 125 Å². The molecule has 1 aliphatic heterocycles. The highest BCUT2D eigenvalue weighted by atomic mass is 16.5. The molecule has 1 heterocycles. The number of hydrogen-bond acceptors (Lipinski definition) is 4. The molecular weight excluding hydrogens is 270 g/mol. The van der Waals surface area contributed by atoms with Crippen LogP contribution in [0.15, 0.2) is 24.3 Å².